The van der Waals surface area contributed by atoms with Crippen LogP contribution in [0.5, 0.6) is 0 Å². The second-order valence-corrected chi connectivity index (χ2v) is 5.31. The maximum absolute atomic E-state index is 11.7. The van der Waals surface area contributed by atoms with Crippen molar-refractivity contribution in [2.45, 2.75) is 33.2 Å². The van der Waals surface area contributed by atoms with Crippen LogP contribution in [0.4, 0.5) is 5.82 Å². The van der Waals surface area contributed by atoms with E-state index in [9.17, 15) is 14.7 Å². The summed E-state index contributed by atoms with van der Waals surface area (Å²) >= 11 is 0. The molecule has 2 unspecified atom stereocenters. The van der Waals surface area contributed by atoms with Crippen molar-refractivity contribution in [2.75, 3.05) is 11.4 Å². The van der Waals surface area contributed by atoms with E-state index in [0.29, 0.717) is 24.3 Å². The number of pyridine rings is 1. The Hall–Kier alpha value is -2.11. The van der Waals surface area contributed by atoms with Crippen LogP contribution in [0, 0.1) is 19.8 Å². The number of carboxylic acid groups (broad SMARTS) is 1. The molecule has 1 fully saturated rings. The molecule has 1 aliphatic rings. The van der Waals surface area contributed by atoms with Gasteiger partial charge in [0.05, 0.1) is 11.5 Å². The molecule has 1 saturated heterocycles. The molecule has 6 heteroatoms. The first-order valence-electron chi connectivity index (χ1n) is 6.60. The van der Waals surface area contributed by atoms with Crippen LogP contribution >= 0.6 is 0 Å². The Bertz CT molecular complexity index is 571. The van der Waals surface area contributed by atoms with E-state index in [-0.39, 0.29) is 6.04 Å². The van der Waals surface area contributed by atoms with Crippen molar-refractivity contribution < 1.29 is 14.7 Å². The van der Waals surface area contributed by atoms with Gasteiger partial charge < -0.3 is 15.7 Å². The van der Waals surface area contributed by atoms with Crippen molar-refractivity contribution in [1.29, 1.82) is 0 Å². The Balaban J connectivity index is 2.48. The fraction of sp³-hybridized carbons (Fsp3) is 0.500. The average molecular weight is 277 g/mol. The molecule has 20 heavy (non-hydrogen) atoms. The zero-order chi connectivity index (χ0) is 15.0. The first-order valence-corrected chi connectivity index (χ1v) is 6.60. The zero-order valence-corrected chi connectivity index (χ0v) is 11.9. The number of nitrogens with two attached hydrogens (primary N) is 1. The summed E-state index contributed by atoms with van der Waals surface area (Å²) in [6, 6.07) is 1.60. The van der Waals surface area contributed by atoms with Gasteiger partial charge in [0.2, 0.25) is 0 Å². The lowest BCUT2D eigenvalue weighted by Crippen LogP contribution is -2.35. The minimum Gasteiger partial charge on any atom is -0.481 e. The van der Waals surface area contributed by atoms with Gasteiger partial charge >= 0.3 is 5.97 Å². The molecule has 3 N–H and O–H groups in total. The summed E-state index contributed by atoms with van der Waals surface area (Å²) in [5.74, 6) is -1.29. The molecule has 1 aromatic heterocycles. The molecular formula is C14H19N3O3. The van der Waals surface area contributed by atoms with E-state index in [4.69, 9.17) is 5.73 Å². The lowest BCUT2D eigenvalue weighted by Gasteiger charge is -2.27. The SMILES string of the molecule is Cc1cc(C)c(C(N)=O)c(N2CCC(C(=O)O)C2C)n1. The van der Waals surface area contributed by atoms with Crippen LogP contribution in [0.3, 0.4) is 0 Å². The molecule has 1 aliphatic heterocycles. The lowest BCUT2D eigenvalue weighted by atomic mass is 10.0. The Morgan fingerprint density at radius 1 is 1.45 bits per heavy atom. The maximum Gasteiger partial charge on any atom is 0.308 e. The van der Waals surface area contributed by atoms with E-state index < -0.39 is 17.8 Å². The minimum absolute atomic E-state index is 0.209. The number of primary amides is 1. The van der Waals surface area contributed by atoms with Gasteiger partial charge in [-0.15, -0.1) is 0 Å². The molecule has 2 atom stereocenters. The molecule has 0 bridgehead atoms. The van der Waals surface area contributed by atoms with Gasteiger partial charge in [0, 0.05) is 18.3 Å². The molecule has 2 heterocycles. The maximum atomic E-state index is 11.7. The third kappa shape index (κ3) is 2.33. The molecule has 1 aromatic rings. The van der Waals surface area contributed by atoms with Crippen molar-refractivity contribution >= 4 is 17.7 Å². The van der Waals surface area contributed by atoms with Crippen molar-refractivity contribution in [2.24, 2.45) is 11.7 Å². The van der Waals surface area contributed by atoms with Crippen LogP contribution in [0.15, 0.2) is 6.07 Å². The smallest absolute Gasteiger partial charge is 0.308 e. The van der Waals surface area contributed by atoms with Crippen molar-refractivity contribution in [3.05, 3.63) is 22.9 Å². The monoisotopic (exact) mass is 277 g/mol. The first-order chi connectivity index (χ1) is 9.32. The summed E-state index contributed by atoms with van der Waals surface area (Å²) in [5, 5.41) is 9.20. The summed E-state index contributed by atoms with van der Waals surface area (Å²) in [7, 11) is 0. The van der Waals surface area contributed by atoms with Crippen LogP contribution in [0.25, 0.3) is 0 Å². The Morgan fingerprint density at radius 2 is 2.10 bits per heavy atom. The normalized spacial score (nSPS) is 22.1. The summed E-state index contributed by atoms with van der Waals surface area (Å²) in [6.45, 7) is 6.06. The molecule has 0 aromatic carbocycles. The van der Waals surface area contributed by atoms with E-state index in [2.05, 4.69) is 4.98 Å². The van der Waals surface area contributed by atoms with Gasteiger partial charge in [0.25, 0.3) is 5.91 Å². The van der Waals surface area contributed by atoms with Gasteiger partial charge in [-0.05, 0) is 38.8 Å². The molecule has 0 saturated carbocycles. The van der Waals surface area contributed by atoms with Crippen molar-refractivity contribution in [1.82, 2.24) is 4.98 Å². The summed E-state index contributed by atoms with van der Waals surface area (Å²) in [5.41, 5.74) is 7.39. The standard InChI is InChI=1S/C14H19N3O3/c1-7-6-8(2)16-13(11(7)12(15)18)17-5-4-10(9(17)3)14(19)20/h6,9-10H,4-5H2,1-3H3,(H2,15,18)(H,19,20). The number of carboxylic acids is 1. The number of nitrogens with zero attached hydrogens (tertiary/aromatic N) is 2. The molecule has 6 nitrogen and oxygen atoms in total. The zero-order valence-electron chi connectivity index (χ0n) is 11.9. The molecular weight excluding hydrogens is 258 g/mol. The quantitative estimate of drug-likeness (QED) is 0.862. The minimum atomic E-state index is -0.815. The number of carbonyl (C=O) groups excluding carboxylic acids is 1. The van der Waals surface area contributed by atoms with Gasteiger partial charge in [0.15, 0.2) is 0 Å². The highest BCUT2D eigenvalue weighted by molar-refractivity contribution is 5.99. The van der Waals surface area contributed by atoms with Gasteiger partial charge in [-0.1, -0.05) is 0 Å². The Labute approximate surface area is 117 Å². The summed E-state index contributed by atoms with van der Waals surface area (Å²) in [4.78, 5) is 29.2. The molecule has 2 rings (SSSR count). The van der Waals surface area contributed by atoms with Crippen LogP contribution < -0.4 is 10.6 Å². The molecule has 0 spiro atoms. The number of rotatable bonds is 3. The van der Waals surface area contributed by atoms with Crippen LogP contribution in [0.1, 0.15) is 35.0 Å². The van der Waals surface area contributed by atoms with Gasteiger partial charge in [-0.2, -0.15) is 0 Å². The molecule has 0 radical (unpaired) electrons. The largest absolute Gasteiger partial charge is 0.481 e. The van der Waals surface area contributed by atoms with Gasteiger partial charge in [-0.3, -0.25) is 9.59 Å². The molecule has 1 amide bonds. The van der Waals surface area contributed by atoms with E-state index >= 15 is 0 Å². The number of carbonyl (C=O) groups is 2. The van der Waals surface area contributed by atoms with E-state index in [1.165, 1.54) is 0 Å². The highest BCUT2D eigenvalue weighted by Crippen LogP contribution is 2.32. The van der Waals surface area contributed by atoms with Crippen LogP contribution in [-0.2, 0) is 4.79 Å². The molecule has 108 valence electrons. The number of amides is 1. The number of hydrogen-bond acceptors (Lipinski definition) is 4. The third-order valence-electron chi connectivity index (χ3n) is 3.92. The second-order valence-electron chi connectivity index (χ2n) is 5.31. The lowest BCUT2D eigenvalue weighted by molar-refractivity contribution is -0.141. The number of aliphatic carboxylic acids is 1. The number of aromatic nitrogens is 1. The van der Waals surface area contributed by atoms with Crippen molar-refractivity contribution in [3.63, 3.8) is 0 Å². The van der Waals surface area contributed by atoms with E-state index in [0.717, 1.165) is 11.3 Å². The Kier molecular flexibility index (Phi) is 3.65. The van der Waals surface area contributed by atoms with E-state index in [1.54, 1.807) is 6.07 Å². The van der Waals surface area contributed by atoms with Crippen molar-refractivity contribution in [3.8, 4) is 0 Å². The molecule has 0 aliphatic carbocycles. The summed E-state index contributed by atoms with van der Waals surface area (Å²) < 4.78 is 0. The third-order valence-corrected chi connectivity index (χ3v) is 3.92. The van der Waals surface area contributed by atoms with Gasteiger partial charge in [-0.25, -0.2) is 4.98 Å². The number of hydrogen-bond donors (Lipinski definition) is 2. The Morgan fingerprint density at radius 3 is 2.60 bits per heavy atom. The fourth-order valence-corrected chi connectivity index (χ4v) is 2.90. The highest BCUT2D eigenvalue weighted by atomic mass is 16.4. The number of aryl methyl sites for hydroxylation is 2. The first kappa shape index (κ1) is 14.3. The summed E-state index contributed by atoms with van der Waals surface area (Å²) in [6.07, 6.45) is 0.545. The average Bonchev–Trinajstić information content (AvgIpc) is 2.69. The topological polar surface area (TPSA) is 96.5 Å². The predicted molar refractivity (Wildman–Crippen MR) is 74.8 cm³/mol. The second kappa shape index (κ2) is 5.11. The van der Waals surface area contributed by atoms with E-state index in [1.807, 2.05) is 25.7 Å². The van der Waals surface area contributed by atoms with Gasteiger partial charge in [0.1, 0.15) is 5.82 Å². The fourth-order valence-electron chi connectivity index (χ4n) is 2.90. The highest BCUT2D eigenvalue weighted by Gasteiger charge is 2.37. The van der Waals surface area contributed by atoms with Crippen LogP contribution in [-0.4, -0.2) is 34.6 Å². The predicted octanol–water partition coefficient (Wildman–Crippen LogP) is 1.10. The van der Waals surface area contributed by atoms with Crippen LogP contribution in [0.2, 0.25) is 0 Å². The number of anilines is 1.